The molecule has 0 saturated heterocycles. The number of hydrogen-bond donors (Lipinski definition) is 0. The second-order valence-electron chi connectivity index (χ2n) is 3.22. The van der Waals surface area contributed by atoms with E-state index in [1.807, 2.05) is 57.1 Å². The Balaban J connectivity index is 0.000000318. The van der Waals surface area contributed by atoms with Crippen molar-refractivity contribution >= 4 is 0 Å². The zero-order valence-corrected chi connectivity index (χ0v) is 10.5. The van der Waals surface area contributed by atoms with Gasteiger partial charge in [-0.2, -0.15) is 0 Å². The molecule has 2 saturated carbocycles. The van der Waals surface area contributed by atoms with E-state index in [-0.39, 0.29) is 17.1 Å². The predicted octanol–water partition coefficient (Wildman–Crippen LogP) is 3.54. The first-order chi connectivity index (χ1) is 7.34. The Labute approximate surface area is 112 Å². The van der Waals surface area contributed by atoms with Gasteiger partial charge in [-0.3, -0.25) is 0 Å². The van der Waals surface area contributed by atoms with Gasteiger partial charge in [0.1, 0.15) is 0 Å². The maximum Gasteiger partial charge on any atom is 2.00 e. The summed E-state index contributed by atoms with van der Waals surface area (Å²) in [6.45, 7) is 5.71. The number of rotatable bonds is 2. The van der Waals surface area contributed by atoms with Crippen LogP contribution in [0, 0.1) is 63.7 Å². The van der Waals surface area contributed by atoms with Crippen molar-refractivity contribution in [3.63, 3.8) is 0 Å². The molecule has 2 aliphatic rings. The Morgan fingerprint density at radius 1 is 0.938 bits per heavy atom. The van der Waals surface area contributed by atoms with Gasteiger partial charge in [0.05, 0.1) is 0 Å². The van der Waals surface area contributed by atoms with E-state index in [1.165, 1.54) is 11.5 Å². The summed E-state index contributed by atoms with van der Waals surface area (Å²) in [5.74, 6) is 1.28. The fraction of sp³-hybridized carbons (Fsp3) is 0.0667. The van der Waals surface area contributed by atoms with E-state index in [2.05, 4.69) is 26.3 Å². The minimum atomic E-state index is 0. The molecule has 0 heterocycles. The van der Waals surface area contributed by atoms with Gasteiger partial charge in [-0.15, -0.1) is 0 Å². The molecule has 16 heavy (non-hydrogen) atoms. The summed E-state index contributed by atoms with van der Waals surface area (Å²) in [6, 6.07) is 0. The van der Waals surface area contributed by atoms with Crippen LogP contribution in [0.2, 0.25) is 0 Å². The summed E-state index contributed by atoms with van der Waals surface area (Å²) >= 11 is 0. The molecule has 0 aromatic carbocycles. The summed E-state index contributed by atoms with van der Waals surface area (Å²) in [4.78, 5) is 0. The van der Waals surface area contributed by atoms with Crippen LogP contribution in [0.1, 0.15) is 6.92 Å². The van der Waals surface area contributed by atoms with Gasteiger partial charge >= 0.3 is 17.1 Å². The van der Waals surface area contributed by atoms with E-state index in [1.54, 1.807) is 0 Å². The maximum absolute atomic E-state index is 3.63. The van der Waals surface area contributed by atoms with Crippen LogP contribution in [-0.4, -0.2) is 0 Å². The molecule has 0 bridgehead atoms. The van der Waals surface area contributed by atoms with Crippen LogP contribution in [0.4, 0.5) is 0 Å². The molecular weight excluding hydrogens is 236 g/mol. The molecule has 0 spiro atoms. The summed E-state index contributed by atoms with van der Waals surface area (Å²) in [6.07, 6.45) is 22.1. The first kappa shape index (κ1) is 16.0. The molecule has 0 aromatic heterocycles. The normalized spacial score (nSPS) is 20.9. The van der Waals surface area contributed by atoms with Crippen LogP contribution in [0.15, 0.2) is 24.3 Å². The van der Waals surface area contributed by atoms with Crippen molar-refractivity contribution in [3.8, 4) is 0 Å². The molecule has 0 amide bonds. The van der Waals surface area contributed by atoms with Crippen LogP contribution in [-0.2, 0) is 17.1 Å². The fourth-order valence-electron chi connectivity index (χ4n) is 1.23. The van der Waals surface area contributed by atoms with Crippen molar-refractivity contribution in [3.05, 3.63) is 88.0 Å². The molecule has 0 aliphatic heterocycles. The summed E-state index contributed by atoms with van der Waals surface area (Å²) in [5.41, 5.74) is 1.26. The first-order valence-electron chi connectivity index (χ1n) is 5.02. The van der Waals surface area contributed by atoms with Crippen molar-refractivity contribution in [1.82, 2.24) is 0 Å². The van der Waals surface area contributed by atoms with E-state index >= 15 is 0 Å². The van der Waals surface area contributed by atoms with Crippen molar-refractivity contribution in [2.45, 2.75) is 6.92 Å². The zero-order chi connectivity index (χ0) is 10.9. The Bertz CT molecular complexity index is 188. The minimum absolute atomic E-state index is 0. The van der Waals surface area contributed by atoms with Crippen LogP contribution >= 0.6 is 0 Å². The van der Waals surface area contributed by atoms with Crippen molar-refractivity contribution in [2.24, 2.45) is 0 Å². The Hall–Kier alpha value is -0.000519. The van der Waals surface area contributed by atoms with E-state index in [9.17, 15) is 0 Å². The molecule has 10 radical (unpaired) electrons. The van der Waals surface area contributed by atoms with Crippen molar-refractivity contribution in [2.75, 3.05) is 0 Å². The Morgan fingerprint density at radius 3 is 1.75 bits per heavy atom. The van der Waals surface area contributed by atoms with E-state index < -0.39 is 0 Å². The molecule has 1 heteroatoms. The molecule has 2 rings (SSSR count). The molecule has 2 aliphatic carbocycles. The summed E-state index contributed by atoms with van der Waals surface area (Å²) in [5, 5.41) is 0. The van der Waals surface area contributed by atoms with E-state index in [4.69, 9.17) is 0 Å². The van der Waals surface area contributed by atoms with Gasteiger partial charge < -0.3 is 0 Å². The molecule has 0 N–H and O–H groups in total. The molecule has 0 unspecified atom stereocenters. The predicted molar refractivity (Wildman–Crippen MR) is 65.9 cm³/mol. The maximum atomic E-state index is 3.63. The smallest absolute Gasteiger partial charge is 0.0991 e. The third-order valence-electron chi connectivity index (χ3n) is 2.04. The molecule has 0 aromatic rings. The van der Waals surface area contributed by atoms with Crippen LogP contribution in [0.25, 0.3) is 0 Å². The SMILES string of the molecule is C=C/C=C(\C)[C]1[CH][CH][CH][CH]1.[CH]1[CH][CH][CH][CH]1.[Fe+2]. The van der Waals surface area contributed by atoms with Crippen LogP contribution in [0.3, 0.4) is 0 Å². The quantitative estimate of drug-likeness (QED) is 0.521. The standard InChI is InChI=1S/C10H11.C5H5.Fe/c1-3-6-9(2)10-7-4-5-8-10;1-2-4-5-3-1;/h3-8H,1H2,2H3;1-5H;/q;;+2/b9-6+;;. The average molecular weight is 252 g/mol. The van der Waals surface area contributed by atoms with Gasteiger partial charge in [0.25, 0.3) is 0 Å². The monoisotopic (exact) mass is 252 g/mol. The van der Waals surface area contributed by atoms with Crippen molar-refractivity contribution in [1.29, 1.82) is 0 Å². The minimum Gasteiger partial charge on any atom is -0.0991 e. The van der Waals surface area contributed by atoms with Crippen molar-refractivity contribution < 1.29 is 17.1 Å². The van der Waals surface area contributed by atoms with E-state index in [0.717, 1.165) is 0 Å². The molecule has 0 atom stereocenters. The van der Waals surface area contributed by atoms with Gasteiger partial charge in [-0.05, 0) is 64.7 Å². The Morgan fingerprint density at radius 2 is 1.38 bits per heavy atom. The largest absolute Gasteiger partial charge is 2.00 e. The van der Waals surface area contributed by atoms with Gasteiger partial charge in [0.2, 0.25) is 0 Å². The Kier molecular flexibility index (Phi) is 10.2. The van der Waals surface area contributed by atoms with Crippen LogP contribution < -0.4 is 0 Å². The first-order valence-corrected chi connectivity index (χ1v) is 5.02. The second kappa shape index (κ2) is 10.2. The fourth-order valence-corrected chi connectivity index (χ4v) is 1.23. The van der Waals surface area contributed by atoms with Gasteiger partial charge in [0.15, 0.2) is 0 Å². The number of hydrogen-bond acceptors (Lipinski definition) is 0. The summed E-state index contributed by atoms with van der Waals surface area (Å²) < 4.78 is 0. The van der Waals surface area contributed by atoms with Gasteiger partial charge in [0, 0.05) is 5.92 Å². The molecule has 82 valence electrons. The topological polar surface area (TPSA) is 0 Å². The van der Waals surface area contributed by atoms with Gasteiger partial charge in [-0.25, -0.2) is 0 Å². The molecule has 2 fully saturated rings. The van der Waals surface area contributed by atoms with Gasteiger partial charge in [-0.1, -0.05) is 24.3 Å². The average Bonchev–Trinajstić information content (AvgIpc) is 2.95. The second-order valence-corrected chi connectivity index (χ2v) is 3.22. The third kappa shape index (κ3) is 6.55. The third-order valence-corrected chi connectivity index (χ3v) is 2.04. The summed E-state index contributed by atoms with van der Waals surface area (Å²) in [7, 11) is 0. The zero-order valence-electron chi connectivity index (χ0n) is 9.41. The number of allylic oxidation sites excluding steroid dienone is 3. The molecule has 0 nitrogen and oxygen atoms in total. The van der Waals surface area contributed by atoms with Crippen LogP contribution in [0.5, 0.6) is 0 Å². The molecular formula is C15H16Fe+2. The van der Waals surface area contributed by atoms with E-state index in [0.29, 0.717) is 0 Å².